The Balaban J connectivity index is 2.10. The predicted octanol–water partition coefficient (Wildman–Crippen LogP) is 1.82. The number of nitrogens with zero attached hydrogens (tertiary/aromatic N) is 3. The fourth-order valence-electron chi connectivity index (χ4n) is 2.60. The van der Waals surface area contributed by atoms with Gasteiger partial charge in [0.05, 0.1) is 11.6 Å². The van der Waals surface area contributed by atoms with Crippen LogP contribution in [0.3, 0.4) is 0 Å². The van der Waals surface area contributed by atoms with Crippen molar-refractivity contribution in [3.8, 4) is 0 Å². The molecule has 2 atom stereocenters. The number of rotatable bonds is 4. The number of aliphatic carboxylic acids is 1. The summed E-state index contributed by atoms with van der Waals surface area (Å²) in [6.07, 6.45) is 2.69. The van der Waals surface area contributed by atoms with Gasteiger partial charge < -0.3 is 10.0 Å². The monoisotopic (exact) mass is 297 g/mol. The van der Waals surface area contributed by atoms with Crippen molar-refractivity contribution in [2.75, 3.05) is 6.54 Å². The highest BCUT2D eigenvalue weighted by Crippen LogP contribution is 2.26. The van der Waals surface area contributed by atoms with Crippen molar-refractivity contribution in [2.45, 2.75) is 45.6 Å². The van der Waals surface area contributed by atoms with E-state index in [4.69, 9.17) is 5.11 Å². The highest BCUT2D eigenvalue weighted by atomic mass is 32.1. The Labute approximate surface area is 122 Å². The lowest BCUT2D eigenvalue weighted by molar-refractivity contribution is -0.143. The summed E-state index contributed by atoms with van der Waals surface area (Å²) in [6, 6.07) is -0.0612. The van der Waals surface area contributed by atoms with E-state index >= 15 is 0 Å². The molecule has 110 valence electrons. The maximum absolute atomic E-state index is 12.6. The summed E-state index contributed by atoms with van der Waals surface area (Å²) in [5, 5.41) is 13.1. The number of hydrogen-bond donors (Lipinski definition) is 1. The molecule has 0 aromatic carbocycles. The van der Waals surface area contributed by atoms with Crippen molar-refractivity contribution in [2.24, 2.45) is 5.92 Å². The summed E-state index contributed by atoms with van der Waals surface area (Å²) < 4.78 is 3.87. The highest BCUT2D eigenvalue weighted by Gasteiger charge is 2.34. The Kier molecular flexibility index (Phi) is 4.69. The summed E-state index contributed by atoms with van der Waals surface area (Å²) in [7, 11) is 0. The Morgan fingerprint density at radius 2 is 2.25 bits per heavy atom. The Hall–Kier alpha value is -1.50. The number of amides is 1. The molecule has 1 aromatic rings. The molecule has 0 bridgehead atoms. The number of carbonyl (C=O) groups excluding carboxylic acids is 1. The standard InChI is InChI=1S/C13H19N3O3S/c1-3-4-10-11(20-15-14-10)12(17)16-6-5-9(13(18)19)7-8(16)2/h8-9H,3-7H2,1-2H3,(H,18,19). The summed E-state index contributed by atoms with van der Waals surface area (Å²) in [5.41, 5.74) is 0.759. The normalized spacial score (nSPS) is 22.8. The SMILES string of the molecule is CCCc1nnsc1C(=O)N1CCC(C(=O)O)CC1C. The first-order chi connectivity index (χ1) is 9.54. The number of aryl methyl sites for hydroxylation is 1. The van der Waals surface area contributed by atoms with Gasteiger partial charge in [-0.15, -0.1) is 5.10 Å². The number of carboxylic acid groups (broad SMARTS) is 1. The fourth-order valence-corrected chi connectivity index (χ4v) is 3.26. The lowest BCUT2D eigenvalue weighted by atomic mass is 9.91. The van der Waals surface area contributed by atoms with E-state index in [2.05, 4.69) is 9.59 Å². The zero-order chi connectivity index (χ0) is 14.7. The van der Waals surface area contributed by atoms with E-state index < -0.39 is 5.97 Å². The number of piperidine rings is 1. The molecule has 1 amide bonds. The second-order valence-corrected chi connectivity index (χ2v) is 5.96. The highest BCUT2D eigenvalue weighted by molar-refractivity contribution is 7.08. The first kappa shape index (κ1) is 14.9. The fraction of sp³-hybridized carbons (Fsp3) is 0.692. The quantitative estimate of drug-likeness (QED) is 0.916. The molecule has 1 aromatic heterocycles. The maximum atomic E-state index is 12.6. The third-order valence-corrected chi connectivity index (χ3v) is 4.48. The summed E-state index contributed by atoms with van der Waals surface area (Å²) in [4.78, 5) is 25.9. The number of likely N-dealkylation sites (tertiary alicyclic amines) is 1. The molecule has 1 aliphatic rings. The molecule has 0 radical (unpaired) electrons. The largest absolute Gasteiger partial charge is 0.481 e. The van der Waals surface area contributed by atoms with Gasteiger partial charge in [-0.3, -0.25) is 9.59 Å². The average molecular weight is 297 g/mol. The van der Waals surface area contributed by atoms with Crippen LogP contribution in [-0.4, -0.2) is 44.1 Å². The van der Waals surface area contributed by atoms with E-state index in [1.807, 2.05) is 13.8 Å². The third-order valence-electron chi connectivity index (χ3n) is 3.72. The van der Waals surface area contributed by atoms with Gasteiger partial charge in [-0.1, -0.05) is 17.8 Å². The van der Waals surface area contributed by atoms with Gasteiger partial charge in [0.2, 0.25) is 0 Å². The number of carboxylic acids is 1. The van der Waals surface area contributed by atoms with Gasteiger partial charge in [-0.2, -0.15) is 0 Å². The van der Waals surface area contributed by atoms with Crippen LogP contribution in [0.25, 0.3) is 0 Å². The van der Waals surface area contributed by atoms with E-state index in [1.54, 1.807) is 4.90 Å². The van der Waals surface area contributed by atoms with E-state index in [0.29, 0.717) is 24.3 Å². The topological polar surface area (TPSA) is 83.4 Å². The van der Waals surface area contributed by atoms with Crippen molar-refractivity contribution < 1.29 is 14.7 Å². The van der Waals surface area contributed by atoms with Crippen LogP contribution in [0.5, 0.6) is 0 Å². The minimum absolute atomic E-state index is 0.0558. The van der Waals surface area contributed by atoms with Gasteiger partial charge in [0.15, 0.2) is 0 Å². The van der Waals surface area contributed by atoms with Gasteiger partial charge in [0.1, 0.15) is 4.88 Å². The van der Waals surface area contributed by atoms with Crippen LogP contribution in [-0.2, 0) is 11.2 Å². The lowest BCUT2D eigenvalue weighted by Crippen LogP contribution is -2.46. The minimum atomic E-state index is -0.768. The molecular weight excluding hydrogens is 278 g/mol. The van der Waals surface area contributed by atoms with Gasteiger partial charge in [0, 0.05) is 12.6 Å². The van der Waals surface area contributed by atoms with Crippen LogP contribution in [0, 0.1) is 5.92 Å². The molecule has 1 aliphatic heterocycles. The maximum Gasteiger partial charge on any atom is 0.306 e. The van der Waals surface area contributed by atoms with Gasteiger partial charge in [-0.05, 0) is 37.7 Å². The second-order valence-electron chi connectivity index (χ2n) is 5.21. The van der Waals surface area contributed by atoms with E-state index in [-0.39, 0.29) is 17.9 Å². The van der Waals surface area contributed by atoms with Crippen molar-refractivity contribution in [1.82, 2.24) is 14.5 Å². The molecule has 2 unspecified atom stereocenters. The van der Waals surface area contributed by atoms with Crippen LogP contribution >= 0.6 is 11.5 Å². The number of hydrogen-bond acceptors (Lipinski definition) is 5. The van der Waals surface area contributed by atoms with Crippen molar-refractivity contribution in [3.05, 3.63) is 10.6 Å². The van der Waals surface area contributed by atoms with Crippen LogP contribution in [0.4, 0.5) is 0 Å². The average Bonchev–Trinajstić information content (AvgIpc) is 2.86. The number of carbonyl (C=O) groups is 2. The zero-order valence-electron chi connectivity index (χ0n) is 11.7. The van der Waals surface area contributed by atoms with E-state index in [0.717, 1.165) is 30.1 Å². The smallest absolute Gasteiger partial charge is 0.306 e. The molecule has 0 spiro atoms. The molecule has 0 aliphatic carbocycles. The molecule has 1 N–H and O–H groups in total. The first-order valence-electron chi connectivity index (χ1n) is 6.89. The lowest BCUT2D eigenvalue weighted by Gasteiger charge is -2.36. The van der Waals surface area contributed by atoms with Crippen LogP contribution in [0.15, 0.2) is 0 Å². The van der Waals surface area contributed by atoms with Crippen LogP contribution in [0.2, 0.25) is 0 Å². The Morgan fingerprint density at radius 3 is 2.85 bits per heavy atom. The first-order valence-corrected chi connectivity index (χ1v) is 7.67. The molecule has 6 nitrogen and oxygen atoms in total. The summed E-state index contributed by atoms with van der Waals surface area (Å²) in [6.45, 7) is 4.43. The van der Waals surface area contributed by atoms with Crippen molar-refractivity contribution in [1.29, 1.82) is 0 Å². The Bertz CT molecular complexity index is 503. The van der Waals surface area contributed by atoms with E-state index in [9.17, 15) is 9.59 Å². The zero-order valence-corrected chi connectivity index (χ0v) is 12.5. The molecule has 2 heterocycles. The van der Waals surface area contributed by atoms with Crippen LogP contribution < -0.4 is 0 Å². The molecule has 1 fully saturated rings. The third kappa shape index (κ3) is 2.98. The van der Waals surface area contributed by atoms with Crippen molar-refractivity contribution >= 4 is 23.4 Å². The van der Waals surface area contributed by atoms with E-state index in [1.165, 1.54) is 0 Å². The second kappa shape index (κ2) is 6.30. The van der Waals surface area contributed by atoms with Crippen molar-refractivity contribution in [3.63, 3.8) is 0 Å². The molecule has 2 rings (SSSR count). The summed E-state index contributed by atoms with van der Waals surface area (Å²) >= 11 is 1.13. The molecule has 7 heteroatoms. The van der Waals surface area contributed by atoms with Gasteiger partial charge in [0.25, 0.3) is 5.91 Å². The molecular formula is C13H19N3O3S. The Morgan fingerprint density at radius 1 is 1.50 bits per heavy atom. The molecule has 1 saturated heterocycles. The summed E-state index contributed by atoms with van der Waals surface area (Å²) in [5.74, 6) is -1.17. The van der Waals surface area contributed by atoms with Crippen LogP contribution in [0.1, 0.15) is 48.5 Å². The van der Waals surface area contributed by atoms with Gasteiger partial charge in [-0.25, -0.2) is 0 Å². The molecule has 0 saturated carbocycles. The molecule has 20 heavy (non-hydrogen) atoms. The van der Waals surface area contributed by atoms with Gasteiger partial charge >= 0.3 is 5.97 Å². The predicted molar refractivity (Wildman–Crippen MR) is 74.8 cm³/mol. The number of aromatic nitrogens is 2. The minimum Gasteiger partial charge on any atom is -0.481 e.